The van der Waals surface area contributed by atoms with Gasteiger partial charge >= 0.3 is 0 Å². The maximum Gasteiger partial charge on any atom is 0.269 e. The van der Waals surface area contributed by atoms with Crippen LogP contribution < -0.4 is 5.32 Å². The number of non-ortho nitro benzene ring substituents is 1. The van der Waals surface area contributed by atoms with Crippen LogP contribution in [0, 0.1) is 17.0 Å². The molecule has 0 bridgehead atoms. The van der Waals surface area contributed by atoms with E-state index in [1.807, 2.05) is 12.1 Å². The van der Waals surface area contributed by atoms with Crippen molar-refractivity contribution in [3.8, 4) is 11.3 Å². The molecule has 0 atom stereocenters. The van der Waals surface area contributed by atoms with E-state index in [2.05, 4.69) is 20.3 Å². The number of rotatable bonds is 4. The van der Waals surface area contributed by atoms with E-state index in [0.29, 0.717) is 5.95 Å². The number of hydrogen-bond acceptors (Lipinski definition) is 6. The van der Waals surface area contributed by atoms with E-state index in [1.54, 1.807) is 37.6 Å². The Morgan fingerprint density at radius 3 is 2.74 bits per heavy atom. The molecule has 114 valence electrons. The van der Waals surface area contributed by atoms with Gasteiger partial charge in [-0.25, -0.2) is 9.97 Å². The van der Waals surface area contributed by atoms with E-state index in [1.165, 1.54) is 12.1 Å². The summed E-state index contributed by atoms with van der Waals surface area (Å²) in [4.78, 5) is 23.1. The molecule has 0 amide bonds. The molecule has 2 aromatic heterocycles. The summed E-state index contributed by atoms with van der Waals surface area (Å²) in [5.41, 5.74) is 3.15. The number of anilines is 2. The molecule has 3 aromatic rings. The molecule has 2 heterocycles. The summed E-state index contributed by atoms with van der Waals surface area (Å²) in [5, 5.41) is 13.9. The zero-order chi connectivity index (χ0) is 16.2. The molecule has 0 aliphatic heterocycles. The molecule has 23 heavy (non-hydrogen) atoms. The van der Waals surface area contributed by atoms with Crippen molar-refractivity contribution in [2.45, 2.75) is 6.92 Å². The smallest absolute Gasteiger partial charge is 0.269 e. The second kappa shape index (κ2) is 6.18. The highest BCUT2D eigenvalue weighted by atomic mass is 16.6. The minimum Gasteiger partial charge on any atom is -0.324 e. The van der Waals surface area contributed by atoms with Crippen LogP contribution in [0.25, 0.3) is 11.3 Å². The van der Waals surface area contributed by atoms with Crippen molar-refractivity contribution < 1.29 is 4.92 Å². The Labute approximate surface area is 132 Å². The van der Waals surface area contributed by atoms with E-state index in [-0.39, 0.29) is 5.69 Å². The average Bonchev–Trinajstić information content (AvgIpc) is 2.57. The van der Waals surface area contributed by atoms with Gasteiger partial charge in [0.15, 0.2) is 0 Å². The summed E-state index contributed by atoms with van der Waals surface area (Å²) in [7, 11) is 0. The van der Waals surface area contributed by atoms with Crippen LogP contribution in [0.15, 0.2) is 55.0 Å². The SMILES string of the molecule is Cc1cc([N+](=O)[O-])ccc1Nc1nccc(-c2cccnc2)n1. The predicted molar refractivity (Wildman–Crippen MR) is 86.4 cm³/mol. The van der Waals surface area contributed by atoms with Crippen LogP contribution in [-0.4, -0.2) is 19.9 Å². The number of aromatic nitrogens is 3. The van der Waals surface area contributed by atoms with Gasteiger partial charge in [0.1, 0.15) is 0 Å². The number of nitro benzene ring substituents is 1. The molecule has 0 fully saturated rings. The van der Waals surface area contributed by atoms with Gasteiger partial charge in [-0.1, -0.05) is 0 Å². The summed E-state index contributed by atoms with van der Waals surface area (Å²) >= 11 is 0. The standard InChI is InChI=1S/C16H13N5O2/c1-11-9-13(21(22)23)4-5-14(11)19-16-18-8-6-15(20-16)12-3-2-7-17-10-12/h2-10H,1H3,(H,18,19,20). The van der Waals surface area contributed by atoms with Crippen molar-refractivity contribution >= 4 is 17.3 Å². The quantitative estimate of drug-likeness (QED) is 0.585. The Balaban J connectivity index is 1.88. The third kappa shape index (κ3) is 3.29. The Hall–Kier alpha value is -3.35. The van der Waals surface area contributed by atoms with Crippen LogP contribution >= 0.6 is 0 Å². The van der Waals surface area contributed by atoms with Crippen molar-refractivity contribution in [1.29, 1.82) is 0 Å². The van der Waals surface area contributed by atoms with Crippen molar-refractivity contribution in [2.24, 2.45) is 0 Å². The molecule has 3 rings (SSSR count). The zero-order valence-corrected chi connectivity index (χ0v) is 12.3. The largest absolute Gasteiger partial charge is 0.324 e. The number of aryl methyl sites for hydroxylation is 1. The first kappa shape index (κ1) is 14.6. The van der Waals surface area contributed by atoms with Gasteiger partial charge in [0, 0.05) is 42.0 Å². The topological polar surface area (TPSA) is 93.8 Å². The molecule has 1 aromatic carbocycles. The van der Waals surface area contributed by atoms with Gasteiger partial charge in [0.2, 0.25) is 5.95 Å². The van der Waals surface area contributed by atoms with Crippen molar-refractivity contribution in [3.63, 3.8) is 0 Å². The molecule has 0 spiro atoms. The van der Waals surface area contributed by atoms with Gasteiger partial charge in [-0.3, -0.25) is 15.1 Å². The maximum absolute atomic E-state index is 10.8. The monoisotopic (exact) mass is 307 g/mol. The van der Waals surface area contributed by atoms with Crippen LogP contribution in [0.4, 0.5) is 17.3 Å². The fraction of sp³-hybridized carbons (Fsp3) is 0.0625. The summed E-state index contributed by atoms with van der Waals surface area (Å²) < 4.78 is 0. The first-order valence-electron chi connectivity index (χ1n) is 6.89. The molecule has 0 aliphatic carbocycles. The average molecular weight is 307 g/mol. The summed E-state index contributed by atoms with van der Waals surface area (Å²) in [6.45, 7) is 1.79. The lowest BCUT2D eigenvalue weighted by molar-refractivity contribution is -0.384. The van der Waals surface area contributed by atoms with Crippen LogP contribution in [0.5, 0.6) is 0 Å². The third-order valence-electron chi connectivity index (χ3n) is 3.28. The predicted octanol–water partition coefficient (Wildman–Crippen LogP) is 3.50. The molecule has 0 saturated heterocycles. The van der Waals surface area contributed by atoms with Crippen LogP contribution in [0.3, 0.4) is 0 Å². The number of nitrogens with zero attached hydrogens (tertiary/aromatic N) is 4. The molecule has 7 heteroatoms. The molecule has 0 saturated carbocycles. The Morgan fingerprint density at radius 1 is 1.17 bits per heavy atom. The van der Waals surface area contributed by atoms with Crippen molar-refractivity contribution in [2.75, 3.05) is 5.32 Å². The number of nitro groups is 1. The first-order chi connectivity index (χ1) is 11.1. The molecular formula is C16H13N5O2. The molecule has 7 nitrogen and oxygen atoms in total. The Morgan fingerprint density at radius 2 is 2.04 bits per heavy atom. The van der Waals surface area contributed by atoms with Crippen molar-refractivity contribution in [1.82, 2.24) is 15.0 Å². The fourth-order valence-electron chi connectivity index (χ4n) is 2.12. The van der Waals surface area contributed by atoms with Gasteiger partial charge in [-0.15, -0.1) is 0 Å². The summed E-state index contributed by atoms with van der Waals surface area (Å²) in [6, 6.07) is 10.1. The lowest BCUT2D eigenvalue weighted by Crippen LogP contribution is -2.00. The minimum absolute atomic E-state index is 0.0538. The lowest BCUT2D eigenvalue weighted by atomic mass is 10.2. The Kier molecular flexibility index (Phi) is 3.92. The molecule has 0 aliphatic rings. The van der Waals surface area contributed by atoms with E-state index in [0.717, 1.165) is 22.5 Å². The van der Waals surface area contributed by atoms with Gasteiger partial charge in [0.25, 0.3) is 5.69 Å². The lowest BCUT2D eigenvalue weighted by Gasteiger charge is -2.09. The molecule has 1 N–H and O–H groups in total. The molecule has 0 radical (unpaired) electrons. The third-order valence-corrected chi connectivity index (χ3v) is 3.28. The normalized spacial score (nSPS) is 10.3. The molecule has 0 unspecified atom stereocenters. The Bertz CT molecular complexity index is 852. The number of benzene rings is 1. The van der Waals surface area contributed by atoms with E-state index < -0.39 is 4.92 Å². The van der Waals surface area contributed by atoms with Crippen LogP contribution in [0.2, 0.25) is 0 Å². The summed E-state index contributed by atoms with van der Waals surface area (Å²) in [6.07, 6.45) is 5.08. The van der Waals surface area contributed by atoms with E-state index >= 15 is 0 Å². The van der Waals surface area contributed by atoms with Gasteiger partial charge in [0.05, 0.1) is 10.6 Å². The highest BCUT2D eigenvalue weighted by Gasteiger charge is 2.09. The second-order valence-electron chi connectivity index (χ2n) is 4.89. The van der Waals surface area contributed by atoms with E-state index in [9.17, 15) is 10.1 Å². The fourth-order valence-corrected chi connectivity index (χ4v) is 2.12. The highest BCUT2D eigenvalue weighted by Crippen LogP contribution is 2.24. The minimum atomic E-state index is -0.420. The maximum atomic E-state index is 10.8. The van der Waals surface area contributed by atoms with Crippen LogP contribution in [0.1, 0.15) is 5.56 Å². The number of pyridine rings is 1. The first-order valence-corrected chi connectivity index (χ1v) is 6.89. The molecular weight excluding hydrogens is 294 g/mol. The summed E-state index contributed by atoms with van der Waals surface area (Å²) in [5.74, 6) is 0.420. The van der Waals surface area contributed by atoms with Crippen LogP contribution in [-0.2, 0) is 0 Å². The number of nitrogens with one attached hydrogen (secondary N) is 1. The second-order valence-corrected chi connectivity index (χ2v) is 4.89. The van der Waals surface area contributed by atoms with Gasteiger partial charge < -0.3 is 5.32 Å². The number of hydrogen-bond donors (Lipinski definition) is 1. The van der Waals surface area contributed by atoms with E-state index in [4.69, 9.17) is 0 Å². The highest BCUT2D eigenvalue weighted by molar-refractivity contribution is 5.64. The van der Waals surface area contributed by atoms with Gasteiger partial charge in [-0.2, -0.15) is 0 Å². The zero-order valence-electron chi connectivity index (χ0n) is 12.3. The van der Waals surface area contributed by atoms with Gasteiger partial charge in [-0.05, 0) is 36.8 Å². The van der Waals surface area contributed by atoms with Crippen molar-refractivity contribution in [3.05, 3.63) is 70.7 Å².